The molecule has 7 heteroatoms. The number of hydrogen-bond donors (Lipinski definition) is 0. The second kappa shape index (κ2) is 8.95. The van der Waals surface area contributed by atoms with Crippen molar-refractivity contribution < 1.29 is 4.79 Å². The van der Waals surface area contributed by atoms with Crippen molar-refractivity contribution in [2.75, 3.05) is 0 Å². The van der Waals surface area contributed by atoms with E-state index in [9.17, 15) is 4.79 Å². The van der Waals surface area contributed by atoms with Crippen LogP contribution in [-0.2, 0) is 6.54 Å². The fourth-order valence-electron chi connectivity index (χ4n) is 3.30. The predicted octanol–water partition coefficient (Wildman–Crippen LogP) is 4.59. The van der Waals surface area contributed by atoms with Gasteiger partial charge in [-0.05, 0) is 29.8 Å². The van der Waals surface area contributed by atoms with Crippen LogP contribution in [0.3, 0.4) is 0 Å². The van der Waals surface area contributed by atoms with Crippen LogP contribution in [0.4, 0.5) is 0 Å². The third kappa shape index (κ3) is 4.33. The van der Waals surface area contributed by atoms with Gasteiger partial charge in [0.25, 0.3) is 5.91 Å². The first kappa shape index (κ1) is 19.8. The average Bonchev–Trinajstić information content (AvgIpc) is 3.52. The van der Waals surface area contributed by atoms with Crippen molar-refractivity contribution in [1.29, 1.82) is 0 Å². The lowest BCUT2D eigenvalue weighted by Gasteiger charge is -2.07. The molecule has 0 atom stereocenters. The Morgan fingerprint density at radius 3 is 2.50 bits per heavy atom. The monoisotopic (exact) mass is 437 g/mol. The molecule has 0 aliphatic rings. The van der Waals surface area contributed by atoms with Gasteiger partial charge in [-0.1, -0.05) is 54.6 Å². The average molecular weight is 438 g/mol. The number of amides is 1. The smallest absolute Gasteiger partial charge is 0.298 e. The van der Waals surface area contributed by atoms with Crippen LogP contribution >= 0.6 is 11.3 Å². The number of pyridine rings is 1. The van der Waals surface area contributed by atoms with Crippen molar-refractivity contribution in [2.45, 2.75) is 6.54 Å². The number of carbonyl (C=O) groups is 1. The molecule has 3 heterocycles. The quantitative estimate of drug-likeness (QED) is 0.404. The zero-order valence-corrected chi connectivity index (χ0v) is 17.9. The van der Waals surface area contributed by atoms with Gasteiger partial charge in [-0.3, -0.25) is 4.79 Å². The van der Waals surface area contributed by atoms with Gasteiger partial charge in [-0.2, -0.15) is 10.1 Å². The highest BCUT2D eigenvalue weighted by Gasteiger charge is 2.13. The summed E-state index contributed by atoms with van der Waals surface area (Å²) in [7, 11) is 0. The van der Waals surface area contributed by atoms with Crippen LogP contribution in [-0.4, -0.2) is 25.2 Å². The van der Waals surface area contributed by atoms with Gasteiger partial charge in [0.15, 0.2) is 0 Å². The molecule has 6 nitrogen and oxygen atoms in total. The van der Waals surface area contributed by atoms with Gasteiger partial charge in [-0.15, -0.1) is 11.3 Å². The van der Waals surface area contributed by atoms with E-state index in [0.29, 0.717) is 17.7 Å². The number of hydrogen-bond acceptors (Lipinski definition) is 4. The van der Waals surface area contributed by atoms with Crippen LogP contribution in [0.1, 0.15) is 16.1 Å². The number of para-hydroxylation sites is 1. The molecule has 32 heavy (non-hydrogen) atoms. The molecule has 5 aromatic rings. The van der Waals surface area contributed by atoms with Crippen molar-refractivity contribution in [2.24, 2.45) is 4.99 Å². The van der Waals surface area contributed by atoms with Gasteiger partial charge in [0.1, 0.15) is 16.2 Å². The molecular weight excluding hydrogens is 418 g/mol. The van der Waals surface area contributed by atoms with Crippen molar-refractivity contribution in [3.8, 4) is 16.3 Å². The number of aromatic nitrogens is 4. The molecule has 3 aromatic heterocycles. The molecular formula is C25H19N5OS. The molecule has 0 fully saturated rings. The summed E-state index contributed by atoms with van der Waals surface area (Å²) in [5.74, 6) is -0.365. The Balaban J connectivity index is 1.39. The highest BCUT2D eigenvalue weighted by Crippen LogP contribution is 2.24. The number of rotatable bonds is 5. The van der Waals surface area contributed by atoms with Crippen LogP contribution in [0.25, 0.3) is 16.3 Å². The lowest BCUT2D eigenvalue weighted by molar-refractivity contribution is 0.0993. The molecule has 2 aromatic carbocycles. The second-order valence-corrected chi connectivity index (χ2v) is 7.99. The van der Waals surface area contributed by atoms with E-state index in [1.807, 2.05) is 95.8 Å². The van der Waals surface area contributed by atoms with Gasteiger partial charge in [0, 0.05) is 29.9 Å². The summed E-state index contributed by atoms with van der Waals surface area (Å²) >= 11 is 1.40. The van der Waals surface area contributed by atoms with E-state index in [2.05, 4.69) is 15.1 Å². The summed E-state index contributed by atoms with van der Waals surface area (Å²) < 4.78 is 3.74. The molecule has 0 aliphatic carbocycles. The maximum atomic E-state index is 12.8. The Bertz CT molecular complexity index is 1420. The largest absolute Gasteiger partial charge is 0.328 e. The van der Waals surface area contributed by atoms with Crippen LogP contribution in [0.2, 0.25) is 0 Å². The van der Waals surface area contributed by atoms with Crippen LogP contribution < -0.4 is 5.49 Å². The third-order valence-electron chi connectivity index (χ3n) is 4.90. The normalized spacial score (nSPS) is 11.6. The van der Waals surface area contributed by atoms with E-state index in [1.54, 1.807) is 16.3 Å². The van der Waals surface area contributed by atoms with E-state index in [0.717, 1.165) is 21.8 Å². The molecule has 0 saturated carbocycles. The van der Waals surface area contributed by atoms with Gasteiger partial charge >= 0.3 is 0 Å². The number of thiazole rings is 1. The van der Waals surface area contributed by atoms with Gasteiger partial charge in [0.05, 0.1) is 11.9 Å². The SMILES string of the molecule is O=C(N=c1ccccn1Cc1ccccc1)c1csc(-c2cnn(-c3ccccc3)c2)n1. The van der Waals surface area contributed by atoms with Gasteiger partial charge < -0.3 is 4.57 Å². The highest BCUT2D eigenvalue weighted by atomic mass is 32.1. The van der Waals surface area contributed by atoms with E-state index in [4.69, 9.17) is 0 Å². The first-order valence-corrected chi connectivity index (χ1v) is 11.0. The maximum absolute atomic E-state index is 12.8. The van der Waals surface area contributed by atoms with Crippen molar-refractivity contribution >= 4 is 17.2 Å². The Morgan fingerprint density at radius 1 is 0.938 bits per heavy atom. The molecule has 5 rings (SSSR count). The zero-order valence-electron chi connectivity index (χ0n) is 17.1. The molecule has 0 unspecified atom stereocenters. The maximum Gasteiger partial charge on any atom is 0.298 e. The first-order valence-electron chi connectivity index (χ1n) is 10.1. The molecule has 0 saturated heterocycles. The molecule has 1 amide bonds. The van der Waals surface area contributed by atoms with Crippen molar-refractivity contribution in [1.82, 2.24) is 19.3 Å². The fraction of sp³-hybridized carbons (Fsp3) is 0.0400. The minimum atomic E-state index is -0.365. The summed E-state index contributed by atoms with van der Waals surface area (Å²) in [4.78, 5) is 21.7. The lowest BCUT2D eigenvalue weighted by atomic mass is 10.2. The highest BCUT2D eigenvalue weighted by molar-refractivity contribution is 7.13. The van der Waals surface area contributed by atoms with Crippen LogP contribution in [0.5, 0.6) is 0 Å². The van der Waals surface area contributed by atoms with Crippen LogP contribution in [0.15, 0.2) is 108 Å². The van der Waals surface area contributed by atoms with Crippen LogP contribution in [0, 0.1) is 0 Å². The van der Waals surface area contributed by atoms with Gasteiger partial charge in [-0.25, -0.2) is 9.67 Å². The third-order valence-corrected chi connectivity index (χ3v) is 5.79. The Hall–Kier alpha value is -4.10. The standard InChI is InChI=1S/C25H19N5OS/c31-24(28-23-13-7-8-14-29(23)16-19-9-3-1-4-10-19)22-18-32-25(27-22)20-15-26-30(17-20)21-11-5-2-6-12-21/h1-15,17-18H,16H2. The topological polar surface area (TPSA) is 65.1 Å². The van der Waals surface area contributed by atoms with Crippen molar-refractivity contribution in [3.63, 3.8) is 0 Å². The molecule has 0 N–H and O–H groups in total. The summed E-state index contributed by atoms with van der Waals surface area (Å²) in [5, 5.41) is 6.88. The Labute approximate surface area is 188 Å². The molecule has 0 aliphatic heterocycles. The molecule has 0 bridgehead atoms. The molecule has 0 radical (unpaired) electrons. The van der Waals surface area contributed by atoms with Gasteiger partial charge in [0.2, 0.25) is 0 Å². The molecule has 0 spiro atoms. The number of benzene rings is 2. The first-order chi connectivity index (χ1) is 15.8. The van der Waals surface area contributed by atoms with E-state index < -0.39 is 0 Å². The predicted molar refractivity (Wildman–Crippen MR) is 125 cm³/mol. The fourth-order valence-corrected chi connectivity index (χ4v) is 4.07. The zero-order chi connectivity index (χ0) is 21.8. The van der Waals surface area contributed by atoms with Crippen molar-refractivity contribution in [3.05, 3.63) is 120 Å². The number of nitrogens with zero attached hydrogens (tertiary/aromatic N) is 5. The number of carbonyl (C=O) groups excluding carboxylic acids is 1. The van der Waals surface area contributed by atoms with E-state index in [-0.39, 0.29) is 5.91 Å². The molecule has 156 valence electrons. The minimum absolute atomic E-state index is 0.326. The van der Waals surface area contributed by atoms with E-state index >= 15 is 0 Å². The Morgan fingerprint density at radius 2 is 1.69 bits per heavy atom. The lowest BCUT2D eigenvalue weighted by Crippen LogP contribution is -2.22. The Kier molecular flexibility index (Phi) is 5.55. The summed E-state index contributed by atoms with van der Waals surface area (Å²) in [6.07, 6.45) is 5.58. The summed E-state index contributed by atoms with van der Waals surface area (Å²) in [6, 6.07) is 25.6. The summed E-state index contributed by atoms with van der Waals surface area (Å²) in [6.45, 7) is 0.634. The summed E-state index contributed by atoms with van der Waals surface area (Å²) in [5.41, 5.74) is 3.88. The minimum Gasteiger partial charge on any atom is -0.328 e. The second-order valence-electron chi connectivity index (χ2n) is 7.14. The van der Waals surface area contributed by atoms with E-state index in [1.165, 1.54) is 11.3 Å².